The average Bonchev–Trinajstić information content (AvgIpc) is 3.14. The van der Waals surface area contributed by atoms with Gasteiger partial charge in [-0.05, 0) is 18.8 Å². The summed E-state index contributed by atoms with van der Waals surface area (Å²) in [5.41, 5.74) is 0.592. The molecule has 0 saturated carbocycles. The zero-order chi connectivity index (χ0) is 16.0. The van der Waals surface area contributed by atoms with Crippen LogP contribution >= 0.6 is 0 Å². The Hall–Kier alpha value is -1.89. The lowest BCUT2D eigenvalue weighted by Crippen LogP contribution is -2.32. The van der Waals surface area contributed by atoms with Crippen LogP contribution in [-0.4, -0.2) is 45.5 Å². The lowest BCUT2D eigenvalue weighted by Gasteiger charge is -2.27. The van der Waals surface area contributed by atoms with Gasteiger partial charge in [-0.3, -0.25) is 9.36 Å². The molecular weight excluding hydrogens is 294 g/mol. The summed E-state index contributed by atoms with van der Waals surface area (Å²) in [7, 11) is 0. The fourth-order valence-corrected chi connectivity index (χ4v) is 3.55. The van der Waals surface area contributed by atoms with Crippen molar-refractivity contribution in [2.24, 2.45) is 5.92 Å². The van der Waals surface area contributed by atoms with Gasteiger partial charge in [0, 0.05) is 38.8 Å². The molecule has 0 aromatic carbocycles. The van der Waals surface area contributed by atoms with Crippen LogP contribution in [0.15, 0.2) is 11.0 Å². The summed E-state index contributed by atoms with van der Waals surface area (Å²) in [5, 5.41) is 4.76. The van der Waals surface area contributed by atoms with Gasteiger partial charge >= 0.3 is 0 Å². The van der Waals surface area contributed by atoms with Gasteiger partial charge in [-0.1, -0.05) is 13.8 Å². The molecule has 1 fully saturated rings. The van der Waals surface area contributed by atoms with Gasteiger partial charge in [-0.25, -0.2) is 9.50 Å². The first-order chi connectivity index (χ1) is 11.1. The van der Waals surface area contributed by atoms with Crippen molar-refractivity contribution in [3.63, 3.8) is 0 Å². The molecule has 0 N–H and O–H groups in total. The van der Waals surface area contributed by atoms with Gasteiger partial charge < -0.3 is 9.64 Å². The van der Waals surface area contributed by atoms with E-state index in [1.54, 1.807) is 15.3 Å². The number of ether oxygens (including phenoxy) is 1. The molecule has 2 aliphatic heterocycles. The Bertz CT molecular complexity index is 773. The number of fused-ring (bicyclic) bond motifs is 2. The van der Waals surface area contributed by atoms with Crippen LogP contribution in [0, 0.1) is 5.92 Å². The van der Waals surface area contributed by atoms with Crippen LogP contribution in [0.2, 0.25) is 0 Å². The van der Waals surface area contributed by atoms with E-state index in [-0.39, 0.29) is 11.5 Å². The van der Waals surface area contributed by atoms with E-state index in [1.807, 2.05) is 0 Å². The van der Waals surface area contributed by atoms with Crippen molar-refractivity contribution in [3.05, 3.63) is 22.4 Å². The number of imidazole rings is 1. The first-order valence-electron chi connectivity index (χ1n) is 8.46. The molecule has 7 nitrogen and oxygen atoms in total. The second kappa shape index (κ2) is 5.63. The summed E-state index contributed by atoms with van der Waals surface area (Å²) in [5.74, 6) is 2.49. The van der Waals surface area contributed by atoms with Crippen molar-refractivity contribution in [1.82, 2.24) is 19.2 Å². The largest absolute Gasteiger partial charge is 0.381 e. The summed E-state index contributed by atoms with van der Waals surface area (Å²) in [6, 6.07) is 0. The normalized spacial score (nSPS) is 19.0. The maximum Gasteiger partial charge on any atom is 0.281 e. The average molecular weight is 317 g/mol. The van der Waals surface area contributed by atoms with Crippen molar-refractivity contribution in [2.75, 3.05) is 31.2 Å². The molecule has 0 aliphatic carbocycles. The number of hydrogen-bond donors (Lipinski definition) is 0. The second-order valence-corrected chi connectivity index (χ2v) is 6.83. The third-order valence-corrected chi connectivity index (χ3v) is 4.87. The lowest BCUT2D eigenvalue weighted by molar-refractivity contribution is 0.0683. The molecule has 124 valence electrons. The maximum atomic E-state index is 12.7. The zero-order valence-electron chi connectivity index (χ0n) is 13.7. The summed E-state index contributed by atoms with van der Waals surface area (Å²) < 4.78 is 8.97. The van der Waals surface area contributed by atoms with Crippen LogP contribution < -0.4 is 10.5 Å². The van der Waals surface area contributed by atoms with Crippen molar-refractivity contribution in [1.29, 1.82) is 0 Å². The Morgan fingerprint density at radius 3 is 2.83 bits per heavy atom. The van der Waals surface area contributed by atoms with E-state index in [1.165, 1.54) is 0 Å². The predicted octanol–water partition coefficient (Wildman–Crippen LogP) is 1.26. The smallest absolute Gasteiger partial charge is 0.281 e. The minimum Gasteiger partial charge on any atom is -0.381 e. The molecule has 1 saturated heterocycles. The number of hydrogen-bond acceptors (Lipinski definition) is 5. The Kier molecular flexibility index (Phi) is 3.60. The monoisotopic (exact) mass is 317 g/mol. The predicted molar refractivity (Wildman–Crippen MR) is 87.1 cm³/mol. The van der Waals surface area contributed by atoms with Crippen LogP contribution in [0.4, 0.5) is 5.95 Å². The van der Waals surface area contributed by atoms with E-state index in [0.717, 1.165) is 50.9 Å². The van der Waals surface area contributed by atoms with Gasteiger partial charge in [-0.2, -0.15) is 0 Å². The van der Waals surface area contributed by atoms with Crippen LogP contribution in [0.5, 0.6) is 0 Å². The highest BCUT2D eigenvalue weighted by Crippen LogP contribution is 2.23. The molecule has 0 radical (unpaired) electrons. The number of anilines is 1. The highest BCUT2D eigenvalue weighted by atomic mass is 16.5. The van der Waals surface area contributed by atoms with Gasteiger partial charge in [0.15, 0.2) is 5.52 Å². The number of aromatic nitrogens is 4. The molecule has 2 aliphatic rings. The minimum absolute atomic E-state index is 0.0175. The minimum atomic E-state index is 0.0175. The van der Waals surface area contributed by atoms with Gasteiger partial charge in [0.05, 0.1) is 6.20 Å². The molecule has 4 rings (SSSR count). The Labute approximate surface area is 134 Å². The van der Waals surface area contributed by atoms with Crippen LogP contribution in [0.25, 0.3) is 5.52 Å². The second-order valence-electron chi connectivity index (χ2n) is 6.83. The molecule has 0 spiro atoms. The molecule has 2 aromatic heterocycles. The van der Waals surface area contributed by atoms with Gasteiger partial charge in [-0.15, -0.1) is 5.10 Å². The highest BCUT2D eigenvalue weighted by molar-refractivity contribution is 5.47. The fourth-order valence-electron chi connectivity index (χ4n) is 3.55. The van der Waals surface area contributed by atoms with Crippen molar-refractivity contribution in [2.45, 2.75) is 39.2 Å². The summed E-state index contributed by atoms with van der Waals surface area (Å²) in [4.78, 5) is 19.3. The Morgan fingerprint density at radius 1 is 1.30 bits per heavy atom. The van der Waals surface area contributed by atoms with E-state index in [9.17, 15) is 4.79 Å². The topological polar surface area (TPSA) is 64.7 Å². The van der Waals surface area contributed by atoms with Crippen molar-refractivity contribution >= 4 is 11.5 Å². The van der Waals surface area contributed by atoms with Crippen molar-refractivity contribution in [3.8, 4) is 0 Å². The van der Waals surface area contributed by atoms with Gasteiger partial charge in [0.1, 0.15) is 5.82 Å². The quantitative estimate of drug-likeness (QED) is 0.853. The summed E-state index contributed by atoms with van der Waals surface area (Å²) in [6.45, 7) is 8.35. The fraction of sp³-hybridized carbons (Fsp3) is 0.688. The standard InChI is InChI=1S/C16H23N5O2/c1-11(2)14-17-9-13-15(22)20-6-5-19(16(20)18-21(13)14)10-12-3-7-23-8-4-12/h9,11-12H,3-8,10H2,1-2H3. The highest BCUT2D eigenvalue weighted by Gasteiger charge is 2.27. The molecule has 0 amide bonds. The third-order valence-electron chi connectivity index (χ3n) is 4.87. The first kappa shape index (κ1) is 14.7. The molecule has 2 aromatic rings. The summed E-state index contributed by atoms with van der Waals surface area (Å²) >= 11 is 0. The van der Waals surface area contributed by atoms with E-state index in [4.69, 9.17) is 9.84 Å². The SMILES string of the molecule is CC(C)c1ncc2c(=O)n3c(nn12)N(CC1CCOCC1)CC3. The van der Waals surface area contributed by atoms with E-state index in [0.29, 0.717) is 18.0 Å². The van der Waals surface area contributed by atoms with Gasteiger partial charge in [0.2, 0.25) is 5.95 Å². The first-order valence-corrected chi connectivity index (χ1v) is 8.46. The molecule has 0 unspecified atom stereocenters. The third kappa shape index (κ3) is 2.43. The Morgan fingerprint density at radius 2 is 2.09 bits per heavy atom. The van der Waals surface area contributed by atoms with E-state index in [2.05, 4.69) is 23.7 Å². The van der Waals surface area contributed by atoms with E-state index >= 15 is 0 Å². The van der Waals surface area contributed by atoms with Crippen LogP contribution in [0.1, 0.15) is 38.4 Å². The molecule has 23 heavy (non-hydrogen) atoms. The number of rotatable bonds is 3. The molecule has 7 heteroatoms. The van der Waals surface area contributed by atoms with Crippen LogP contribution in [-0.2, 0) is 11.3 Å². The summed E-state index contributed by atoms with van der Waals surface area (Å²) in [6.07, 6.45) is 3.83. The Balaban J connectivity index is 1.72. The van der Waals surface area contributed by atoms with Gasteiger partial charge in [0.25, 0.3) is 5.56 Å². The van der Waals surface area contributed by atoms with Crippen molar-refractivity contribution < 1.29 is 4.74 Å². The molecule has 4 heterocycles. The molecule has 0 atom stereocenters. The molecular formula is C16H23N5O2. The molecule has 0 bridgehead atoms. The number of nitrogens with zero attached hydrogens (tertiary/aromatic N) is 5. The maximum absolute atomic E-state index is 12.7. The lowest BCUT2D eigenvalue weighted by atomic mass is 10.00. The zero-order valence-corrected chi connectivity index (χ0v) is 13.7. The van der Waals surface area contributed by atoms with E-state index < -0.39 is 0 Å². The van der Waals surface area contributed by atoms with Crippen LogP contribution in [0.3, 0.4) is 0 Å².